The molecule has 4 heteroatoms. The first-order valence-corrected chi connectivity index (χ1v) is 6.82. The molecular formula is C14H10ClIN2. The lowest BCUT2D eigenvalue weighted by Gasteiger charge is -2.08. The van der Waals surface area contributed by atoms with Crippen LogP contribution in [0, 0.1) is 14.9 Å². The zero-order valence-electron chi connectivity index (χ0n) is 9.45. The topological polar surface area (TPSA) is 35.8 Å². The van der Waals surface area contributed by atoms with E-state index in [9.17, 15) is 0 Å². The van der Waals surface area contributed by atoms with E-state index in [0.29, 0.717) is 12.1 Å². The van der Waals surface area contributed by atoms with Crippen LogP contribution in [0.3, 0.4) is 0 Å². The van der Waals surface area contributed by atoms with Crippen molar-refractivity contribution < 1.29 is 0 Å². The Balaban J connectivity index is 2.04. The largest absolute Gasteiger partial charge is 0.380 e. The molecule has 1 N–H and O–H groups in total. The van der Waals surface area contributed by atoms with E-state index in [1.165, 1.54) is 0 Å². The average molecular weight is 369 g/mol. The van der Waals surface area contributed by atoms with Gasteiger partial charge in [-0.2, -0.15) is 5.26 Å². The van der Waals surface area contributed by atoms with E-state index < -0.39 is 0 Å². The second-order valence-corrected chi connectivity index (χ2v) is 5.44. The minimum atomic E-state index is 0.672. The zero-order chi connectivity index (χ0) is 13.0. The second kappa shape index (κ2) is 6.07. The van der Waals surface area contributed by atoms with E-state index in [0.717, 1.165) is 19.8 Å². The lowest BCUT2D eigenvalue weighted by atomic mass is 10.1. The molecule has 0 saturated carbocycles. The number of hydrogen-bond donors (Lipinski definition) is 1. The van der Waals surface area contributed by atoms with Crippen LogP contribution in [-0.4, -0.2) is 0 Å². The smallest absolute Gasteiger partial charge is 0.0991 e. The van der Waals surface area contributed by atoms with Crippen LogP contribution in [-0.2, 0) is 6.54 Å². The van der Waals surface area contributed by atoms with Crippen molar-refractivity contribution in [3.8, 4) is 6.07 Å². The fourth-order valence-corrected chi connectivity index (χ4v) is 2.45. The molecule has 0 radical (unpaired) electrons. The van der Waals surface area contributed by atoms with Crippen LogP contribution in [0.15, 0.2) is 42.5 Å². The van der Waals surface area contributed by atoms with Gasteiger partial charge in [0, 0.05) is 10.1 Å². The number of hydrogen-bond acceptors (Lipinski definition) is 2. The van der Waals surface area contributed by atoms with Gasteiger partial charge in [-0.15, -0.1) is 0 Å². The summed E-state index contributed by atoms with van der Waals surface area (Å²) in [5.41, 5.74) is 2.70. The lowest BCUT2D eigenvalue weighted by molar-refractivity contribution is 1.15. The lowest BCUT2D eigenvalue weighted by Crippen LogP contribution is -2.00. The van der Waals surface area contributed by atoms with Crippen LogP contribution in [0.1, 0.15) is 11.1 Å². The molecule has 2 aromatic carbocycles. The molecule has 2 nitrogen and oxygen atoms in total. The van der Waals surface area contributed by atoms with Crippen LogP contribution in [0.2, 0.25) is 5.02 Å². The van der Waals surface area contributed by atoms with Crippen molar-refractivity contribution in [1.29, 1.82) is 5.26 Å². The van der Waals surface area contributed by atoms with Gasteiger partial charge in [0.15, 0.2) is 0 Å². The molecule has 0 unspecified atom stereocenters. The number of nitrogens with one attached hydrogen (secondary N) is 1. The van der Waals surface area contributed by atoms with Gasteiger partial charge >= 0.3 is 0 Å². The maximum absolute atomic E-state index is 8.71. The molecule has 0 aromatic heterocycles. The molecule has 0 heterocycles. The van der Waals surface area contributed by atoms with Gasteiger partial charge in [-0.1, -0.05) is 23.7 Å². The van der Waals surface area contributed by atoms with E-state index in [4.69, 9.17) is 16.9 Å². The fourth-order valence-electron chi connectivity index (χ4n) is 1.53. The summed E-state index contributed by atoms with van der Waals surface area (Å²) in [6.07, 6.45) is 0. The summed E-state index contributed by atoms with van der Waals surface area (Å²) in [5.74, 6) is 0. The average Bonchev–Trinajstić information content (AvgIpc) is 2.38. The Morgan fingerprint density at radius 1 is 1.17 bits per heavy atom. The second-order valence-electron chi connectivity index (χ2n) is 3.79. The normalized spacial score (nSPS) is 9.83. The molecule has 0 aliphatic heterocycles. The molecule has 18 heavy (non-hydrogen) atoms. The van der Waals surface area contributed by atoms with Gasteiger partial charge in [-0.05, 0) is 58.5 Å². The molecule has 0 aliphatic carbocycles. The first-order chi connectivity index (χ1) is 8.69. The highest BCUT2D eigenvalue weighted by Gasteiger charge is 2.00. The summed E-state index contributed by atoms with van der Waals surface area (Å²) < 4.78 is 1.11. The van der Waals surface area contributed by atoms with Gasteiger partial charge in [0.05, 0.1) is 22.3 Å². The highest BCUT2D eigenvalue weighted by molar-refractivity contribution is 14.1. The van der Waals surface area contributed by atoms with Crippen LogP contribution < -0.4 is 5.32 Å². The van der Waals surface area contributed by atoms with E-state index in [2.05, 4.69) is 34.0 Å². The van der Waals surface area contributed by atoms with Crippen LogP contribution in [0.4, 0.5) is 5.69 Å². The molecule has 2 aromatic rings. The van der Waals surface area contributed by atoms with Gasteiger partial charge in [0.2, 0.25) is 0 Å². The maximum Gasteiger partial charge on any atom is 0.0991 e. The molecule has 0 fully saturated rings. The summed E-state index contributed by atoms with van der Waals surface area (Å²) in [6, 6.07) is 15.5. The van der Waals surface area contributed by atoms with Crippen molar-refractivity contribution in [2.75, 3.05) is 5.32 Å². The molecule has 0 aliphatic rings. The van der Waals surface area contributed by atoms with Gasteiger partial charge < -0.3 is 5.32 Å². The standard InChI is InChI=1S/C14H10ClIN2/c15-13-7-12(16)5-6-14(13)18-9-11-3-1-10(8-17)2-4-11/h1-7,18H,9H2. The van der Waals surface area contributed by atoms with Gasteiger partial charge in [0.25, 0.3) is 0 Å². The molecular weight excluding hydrogens is 359 g/mol. The first kappa shape index (κ1) is 13.2. The maximum atomic E-state index is 8.71. The number of anilines is 1. The number of nitrogens with zero attached hydrogens (tertiary/aromatic N) is 1. The Morgan fingerprint density at radius 3 is 2.50 bits per heavy atom. The van der Waals surface area contributed by atoms with E-state index in [-0.39, 0.29) is 0 Å². The Kier molecular flexibility index (Phi) is 4.45. The molecule has 0 spiro atoms. The van der Waals surface area contributed by atoms with Gasteiger partial charge in [-0.3, -0.25) is 0 Å². The number of rotatable bonds is 3. The molecule has 0 saturated heterocycles. The van der Waals surface area contributed by atoms with Gasteiger partial charge in [0.1, 0.15) is 0 Å². The molecule has 90 valence electrons. The summed E-state index contributed by atoms with van der Waals surface area (Å²) in [6.45, 7) is 0.687. The Labute approximate surface area is 125 Å². The number of benzene rings is 2. The Bertz CT molecular complexity index is 588. The Morgan fingerprint density at radius 2 is 1.89 bits per heavy atom. The molecule has 2 rings (SSSR count). The minimum absolute atomic E-state index is 0.672. The third-order valence-electron chi connectivity index (χ3n) is 2.50. The zero-order valence-corrected chi connectivity index (χ0v) is 12.4. The van der Waals surface area contributed by atoms with Crippen LogP contribution in [0.25, 0.3) is 0 Å². The third-order valence-corrected chi connectivity index (χ3v) is 3.48. The molecule has 0 bridgehead atoms. The predicted octanol–water partition coefficient (Wildman–Crippen LogP) is 4.43. The third kappa shape index (κ3) is 3.37. The van der Waals surface area contributed by atoms with E-state index in [1.807, 2.05) is 42.5 Å². The highest BCUT2D eigenvalue weighted by atomic mass is 127. The number of halogens is 2. The summed E-state index contributed by atoms with van der Waals surface area (Å²) in [5, 5.41) is 12.7. The Hall–Kier alpha value is -1.25. The highest BCUT2D eigenvalue weighted by Crippen LogP contribution is 2.24. The predicted molar refractivity (Wildman–Crippen MR) is 82.7 cm³/mol. The molecule has 0 atom stereocenters. The summed E-state index contributed by atoms with van der Waals surface area (Å²) >= 11 is 8.36. The van der Waals surface area contributed by atoms with Gasteiger partial charge in [-0.25, -0.2) is 0 Å². The van der Waals surface area contributed by atoms with Crippen LogP contribution >= 0.6 is 34.2 Å². The van der Waals surface area contributed by atoms with Crippen molar-refractivity contribution in [2.24, 2.45) is 0 Å². The van der Waals surface area contributed by atoms with E-state index >= 15 is 0 Å². The van der Waals surface area contributed by atoms with Crippen molar-refractivity contribution in [3.05, 3.63) is 62.2 Å². The fraction of sp³-hybridized carbons (Fsp3) is 0.0714. The van der Waals surface area contributed by atoms with Crippen molar-refractivity contribution >= 4 is 39.9 Å². The first-order valence-electron chi connectivity index (χ1n) is 5.37. The van der Waals surface area contributed by atoms with Crippen molar-refractivity contribution in [2.45, 2.75) is 6.54 Å². The van der Waals surface area contributed by atoms with Crippen molar-refractivity contribution in [1.82, 2.24) is 0 Å². The summed E-state index contributed by atoms with van der Waals surface area (Å²) in [7, 11) is 0. The monoisotopic (exact) mass is 368 g/mol. The summed E-state index contributed by atoms with van der Waals surface area (Å²) in [4.78, 5) is 0. The van der Waals surface area contributed by atoms with Crippen LogP contribution in [0.5, 0.6) is 0 Å². The SMILES string of the molecule is N#Cc1ccc(CNc2ccc(I)cc2Cl)cc1. The quantitative estimate of drug-likeness (QED) is 0.814. The van der Waals surface area contributed by atoms with Crippen molar-refractivity contribution in [3.63, 3.8) is 0 Å². The number of nitriles is 1. The minimum Gasteiger partial charge on any atom is -0.380 e. The van der Waals surface area contributed by atoms with E-state index in [1.54, 1.807) is 0 Å². The molecule has 0 amide bonds.